The Morgan fingerprint density at radius 3 is 2.81 bits per heavy atom. The van der Waals surface area contributed by atoms with Crippen LogP contribution >= 0.6 is 22.9 Å². The van der Waals surface area contributed by atoms with Gasteiger partial charge >= 0.3 is 0 Å². The van der Waals surface area contributed by atoms with E-state index in [0.29, 0.717) is 17.0 Å². The molecule has 4 nitrogen and oxygen atoms in total. The van der Waals surface area contributed by atoms with Gasteiger partial charge in [-0.1, -0.05) is 17.7 Å². The molecular formula is C14H16ClNO3S2. The van der Waals surface area contributed by atoms with Crippen molar-refractivity contribution in [3.63, 3.8) is 0 Å². The summed E-state index contributed by atoms with van der Waals surface area (Å²) in [7, 11) is -3.62. The van der Waals surface area contributed by atoms with E-state index in [2.05, 4.69) is 4.72 Å². The fourth-order valence-electron chi connectivity index (χ4n) is 1.92. The Kier molecular flexibility index (Phi) is 5.40. The normalized spacial score (nSPS) is 13.3. The number of rotatable bonds is 6. The van der Waals surface area contributed by atoms with Crippen LogP contribution in [0.4, 0.5) is 0 Å². The molecule has 0 spiro atoms. The van der Waals surface area contributed by atoms with Crippen LogP contribution in [0.25, 0.3) is 0 Å². The molecule has 2 aromatic rings. The molecule has 1 atom stereocenters. The van der Waals surface area contributed by atoms with Crippen molar-refractivity contribution in [2.75, 3.05) is 6.54 Å². The third-order valence-electron chi connectivity index (χ3n) is 3.15. The minimum atomic E-state index is -3.62. The number of thiophene rings is 1. The van der Waals surface area contributed by atoms with E-state index < -0.39 is 16.1 Å². The van der Waals surface area contributed by atoms with Gasteiger partial charge in [-0.05, 0) is 53.4 Å². The van der Waals surface area contributed by atoms with Crippen LogP contribution in [0.1, 0.15) is 23.7 Å². The van der Waals surface area contributed by atoms with Gasteiger partial charge in [-0.2, -0.15) is 11.3 Å². The number of hydrogen-bond donors (Lipinski definition) is 2. The van der Waals surface area contributed by atoms with E-state index in [1.807, 2.05) is 16.8 Å². The van der Waals surface area contributed by atoms with Gasteiger partial charge in [0.2, 0.25) is 10.0 Å². The van der Waals surface area contributed by atoms with Gasteiger partial charge in [0.15, 0.2) is 0 Å². The molecule has 1 aromatic carbocycles. The number of aliphatic hydroxyl groups excluding tert-OH is 1. The zero-order valence-electron chi connectivity index (χ0n) is 11.4. The average molecular weight is 346 g/mol. The lowest BCUT2D eigenvalue weighted by atomic mass is 10.1. The molecule has 0 aliphatic carbocycles. The molecule has 0 saturated carbocycles. The van der Waals surface area contributed by atoms with E-state index in [1.165, 1.54) is 17.4 Å². The van der Waals surface area contributed by atoms with E-state index in [9.17, 15) is 13.5 Å². The largest absolute Gasteiger partial charge is 0.388 e. The summed E-state index contributed by atoms with van der Waals surface area (Å²) in [6.45, 7) is 1.82. The smallest absolute Gasteiger partial charge is 0.240 e. The standard InChI is InChI=1S/C14H16ClNO3S2/c1-10-12(15)3-2-4-14(10)21(18,19)16-7-5-13(17)11-6-8-20-9-11/h2-4,6,8-9,13,16-17H,5,7H2,1H3. The predicted octanol–water partition coefficient (Wildman–Crippen LogP) is 3.11. The second-order valence-corrected chi connectivity index (χ2v) is 7.54. The second-order valence-electron chi connectivity index (χ2n) is 4.62. The number of halogens is 1. The van der Waals surface area contributed by atoms with Crippen molar-refractivity contribution in [1.82, 2.24) is 4.72 Å². The summed E-state index contributed by atoms with van der Waals surface area (Å²) in [5, 5.41) is 14.1. The molecule has 0 amide bonds. The maximum absolute atomic E-state index is 12.2. The van der Waals surface area contributed by atoms with Crippen molar-refractivity contribution < 1.29 is 13.5 Å². The first-order valence-corrected chi connectivity index (χ1v) is 9.17. The van der Waals surface area contributed by atoms with Crippen LogP contribution in [0.3, 0.4) is 0 Å². The van der Waals surface area contributed by atoms with Crippen LogP contribution in [0.15, 0.2) is 39.9 Å². The van der Waals surface area contributed by atoms with Crippen LogP contribution in [-0.4, -0.2) is 20.1 Å². The quantitative estimate of drug-likeness (QED) is 0.845. The summed E-state index contributed by atoms with van der Waals surface area (Å²) in [5.41, 5.74) is 1.32. The minimum Gasteiger partial charge on any atom is -0.388 e. The number of benzene rings is 1. The Morgan fingerprint density at radius 1 is 1.38 bits per heavy atom. The first-order valence-electron chi connectivity index (χ1n) is 6.37. The Bertz CT molecular complexity index is 699. The fourth-order valence-corrected chi connectivity index (χ4v) is 4.17. The highest BCUT2D eigenvalue weighted by Crippen LogP contribution is 2.23. The molecule has 0 radical (unpaired) electrons. The lowest BCUT2D eigenvalue weighted by Crippen LogP contribution is -2.26. The van der Waals surface area contributed by atoms with E-state index in [4.69, 9.17) is 11.6 Å². The summed E-state index contributed by atoms with van der Waals surface area (Å²) < 4.78 is 26.9. The van der Waals surface area contributed by atoms with E-state index >= 15 is 0 Å². The van der Waals surface area contributed by atoms with Gasteiger partial charge in [-0.15, -0.1) is 0 Å². The summed E-state index contributed by atoms with van der Waals surface area (Å²) in [4.78, 5) is 0.167. The Morgan fingerprint density at radius 2 is 2.14 bits per heavy atom. The van der Waals surface area contributed by atoms with Gasteiger partial charge in [-0.25, -0.2) is 13.1 Å². The third kappa shape index (κ3) is 4.05. The molecule has 0 aliphatic rings. The van der Waals surface area contributed by atoms with Crippen LogP contribution in [0.5, 0.6) is 0 Å². The number of hydrogen-bond acceptors (Lipinski definition) is 4. The Labute approximate surface area is 133 Å². The van der Waals surface area contributed by atoms with Gasteiger partial charge in [-0.3, -0.25) is 0 Å². The SMILES string of the molecule is Cc1c(Cl)cccc1S(=O)(=O)NCCC(O)c1ccsc1. The Hall–Kier alpha value is -0.920. The topological polar surface area (TPSA) is 66.4 Å². The monoisotopic (exact) mass is 345 g/mol. The van der Waals surface area contributed by atoms with Crippen LogP contribution in [0, 0.1) is 6.92 Å². The molecule has 0 aliphatic heterocycles. The van der Waals surface area contributed by atoms with Gasteiger partial charge < -0.3 is 5.11 Å². The van der Waals surface area contributed by atoms with Crippen molar-refractivity contribution in [1.29, 1.82) is 0 Å². The first kappa shape index (κ1) is 16.5. The predicted molar refractivity (Wildman–Crippen MR) is 85.3 cm³/mol. The number of aliphatic hydroxyl groups is 1. The third-order valence-corrected chi connectivity index (χ3v) is 5.86. The molecule has 21 heavy (non-hydrogen) atoms. The summed E-state index contributed by atoms with van der Waals surface area (Å²) in [6.07, 6.45) is -0.352. The van der Waals surface area contributed by atoms with Gasteiger partial charge in [0.1, 0.15) is 0 Å². The van der Waals surface area contributed by atoms with Crippen molar-refractivity contribution >= 4 is 33.0 Å². The lowest BCUT2D eigenvalue weighted by Gasteiger charge is -2.12. The second kappa shape index (κ2) is 6.89. The maximum atomic E-state index is 12.2. The van der Waals surface area contributed by atoms with Crippen molar-refractivity contribution in [2.24, 2.45) is 0 Å². The van der Waals surface area contributed by atoms with Gasteiger partial charge in [0.05, 0.1) is 11.0 Å². The van der Waals surface area contributed by atoms with Crippen LogP contribution < -0.4 is 4.72 Å². The molecule has 0 bridgehead atoms. The van der Waals surface area contributed by atoms with E-state index in [0.717, 1.165) is 5.56 Å². The molecular weight excluding hydrogens is 330 g/mol. The molecule has 1 heterocycles. The summed E-state index contributed by atoms with van der Waals surface area (Å²) >= 11 is 7.43. The van der Waals surface area contributed by atoms with Crippen molar-refractivity contribution in [3.8, 4) is 0 Å². The zero-order valence-corrected chi connectivity index (χ0v) is 13.8. The molecule has 2 N–H and O–H groups in total. The summed E-state index contributed by atoms with van der Waals surface area (Å²) in [5.74, 6) is 0. The average Bonchev–Trinajstić information content (AvgIpc) is 2.95. The summed E-state index contributed by atoms with van der Waals surface area (Å²) in [6, 6.07) is 6.59. The first-order chi connectivity index (χ1) is 9.92. The van der Waals surface area contributed by atoms with E-state index in [1.54, 1.807) is 19.1 Å². The van der Waals surface area contributed by atoms with Gasteiger partial charge in [0.25, 0.3) is 0 Å². The van der Waals surface area contributed by atoms with Crippen molar-refractivity contribution in [3.05, 3.63) is 51.2 Å². The molecule has 7 heteroatoms. The van der Waals surface area contributed by atoms with Crippen LogP contribution in [-0.2, 0) is 10.0 Å². The zero-order chi connectivity index (χ0) is 15.5. The van der Waals surface area contributed by atoms with Crippen molar-refractivity contribution in [2.45, 2.75) is 24.3 Å². The lowest BCUT2D eigenvalue weighted by molar-refractivity contribution is 0.169. The molecule has 1 unspecified atom stereocenters. The highest BCUT2D eigenvalue weighted by molar-refractivity contribution is 7.89. The number of sulfonamides is 1. The molecule has 0 saturated heterocycles. The molecule has 2 rings (SSSR count). The number of nitrogens with one attached hydrogen (secondary N) is 1. The molecule has 0 fully saturated rings. The molecule has 1 aromatic heterocycles. The highest BCUT2D eigenvalue weighted by Gasteiger charge is 2.18. The van der Waals surface area contributed by atoms with Gasteiger partial charge in [0, 0.05) is 11.6 Å². The van der Waals surface area contributed by atoms with E-state index in [-0.39, 0.29) is 11.4 Å². The fraction of sp³-hybridized carbons (Fsp3) is 0.286. The maximum Gasteiger partial charge on any atom is 0.240 e. The minimum absolute atomic E-state index is 0.158. The Balaban J connectivity index is 2.00. The molecule has 114 valence electrons. The highest BCUT2D eigenvalue weighted by atomic mass is 35.5. The van der Waals surface area contributed by atoms with Crippen LogP contribution in [0.2, 0.25) is 5.02 Å².